The number of allylic oxidation sites excluding steroid dienone is 1. The topological polar surface area (TPSA) is 68.0 Å². The minimum Gasteiger partial charge on any atom is -0.397 e. The smallest absolute Gasteiger partial charge is 0.267 e. The summed E-state index contributed by atoms with van der Waals surface area (Å²) < 4.78 is 0. The predicted molar refractivity (Wildman–Crippen MR) is 130 cm³/mol. The number of hydrogen-bond donors (Lipinski definition) is 2. The molecule has 4 aromatic rings. The summed E-state index contributed by atoms with van der Waals surface area (Å²) in [5.74, 6) is -0.218. The molecule has 0 spiro atoms. The fourth-order valence-corrected chi connectivity index (χ4v) is 4.54. The molecule has 0 unspecified atom stereocenters. The van der Waals surface area contributed by atoms with Crippen LogP contribution in [-0.4, -0.2) is 17.1 Å². The Balaban J connectivity index is 1.61. The van der Waals surface area contributed by atoms with Crippen LogP contribution in [-0.2, 0) is 0 Å². The van der Waals surface area contributed by atoms with Crippen LogP contribution in [0.25, 0.3) is 27.6 Å². The largest absolute Gasteiger partial charge is 0.397 e. The van der Waals surface area contributed by atoms with Gasteiger partial charge >= 0.3 is 0 Å². The van der Waals surface area contributed by atoms with E-state index in [1.165, 1.54) is 11.3 Å². The highest BCUT2D eigenvalue weighted by molar-refractivity contribution is 7.98. The number of rotatable bonds is 5. The lowest BCUT2D eigenvalue weighted by Crippen LogP contribution is -2.11. The Morgan fingerprint density at radius 1 is 1.07 bits per heavy atom. The summed E-state index contributed by atoms with van der Waals surface area (Å²) in [6.07, 6.45) is 6.08. The van der Waals surface area contributed by atoms with Gasteiger partial charge in [-0.3, -0.25) is 4.79 Å². The first-order valence-corrected chi connectivity index (χ1v) is 11.5. The standard InChI is InChI=1S/C24H21N3OS2/c1-3-4-15-5-7-16(8-6-15)20-14-13-19-21(25)22(30-24(19)27-20)23(28)26-17-9-11-18(29-2)12-10-17/h3-14H,25H2,1-2H3,(H,26,28). The number of benzene rings is 2. The average molecular weight is 432 g/mol. The summed E-state index contributed by atoms with van der Waals surface area (Å²) in [6, 6.07) is 19.8. The van der Waals surface area contributed by atoms with E-state index in [9.17, 15) is 4.79 Å². The van der Waals surface area contributed by atoms with E-state index >= 15 is 0 Å². The van der Waals surface area contributed by atoms with Crippen LogP contribution in [0.5, 0.6) is 0 Å². The summed E-state index contributed by atoms with van der Waals surface area (Å²) in [4.78, 5) is 19.9. The third kappa shape index (κ3) is 4.10. The van der Waals surface area contributed by atoms with E-state index in [-0.39, 0.29) is 5.91 Å². The maximum absolute atomic E-state index is 12.8. The Morgan fingerprint density at radius 3 is 2.47 bits per heavy atom. The number of hydrogen-bond acceptors (Lipinski definition) is 5. The zero-order valence-electron chi connectivity index (χ0n) is 16.7. The van der Waals surface area contributed by atoms with Gasteiger partial charge in [0.25, 0.3) is 5.91 Å². The molecule has 0 bridgehead atoms. The van der Waals surface area contributed by atoms with Crippen molar-refractivity contribution in [3.05, 3.63) is 77.2 Å². The summed E-state index contributed by atoms with van der Waals surface area (Å²) in [6.45, 7) is 2.00. The van der Waals surface area contributed by atoms with Crippen molar-refractivity contribution in [3.63, 3.8) is 0 Å². The van der Waals surface area contributed by atoms with Crippen molar-refractivity contribution in [2.75, 3.05) is 17.3 Å². The van der Waals surface area contributed by atoms with E-state index < -0.39 is 0 Å². The molecule has 30 heavy (non-hydrogen) atoms. The minimum atomic E-state index is -0.218. The number of thiophene rings is 1. The van der Waals surface area contributed by atoms with Crippen molar-refractivity contribution in [2.45, 2.75) is 11.8 Å². The number of anilines is 2. The van der Waals surface area contributed by atoms with Gasteiger partial charge in [0.05, 0.1) is 11.4 Å². The van der Waals surface area contributed by atoms with Gasteiger partial charge in [-0.15, -0.1) is 23.1 Å². The van der Waals surface area contributed by atoms with Crippen molar-refractivity contribution in [2.24, 2.45) is 0 Å². The fourth-order valence-electron chi connectivity index (χ4n) is 3.15. The molecule has 0 fully saturated rings. The van der Waals surface area contributed by atoms with E-state index in [0.29, 0.717) is 10.6 Å². The second-order valence-corrected chi connectivity index (χ2v) is 8.58. The van der Waals surface area contributed by atoms with Crippen LogP contribution in [0.3, 0.4) is 0 Å². The summed E-state index contributed by atoms with van der Waals surface area (Å²) in [5, 5.41) is 3.73. The first-order valence-electron chi connectivity index (χ1n) is 9.46. The summed E-state index contributed by atoms with van der Waals surface area (Å²) in [5.41, 5.74) is 10.5. The number of fused-ring (bicyclic) bond motifs is 1. The fraction of sp³-hybridized carbons (Fsp3) is 0.0833. The van der Waals surface area contributed by atoms with Crippen molar-refractivity contribution >= 4 is 56.7 Å². The lowest BCUT2D eigenvalue weighted by atomic mass is 10.1. The molecule has 0 saturated heterocycles. The van der Waals surface area contributed by atoms with Crippen LogP contribution < -0.4 is 11.1 Å². The zero-order chi connectivity index (χ0) is 21.1. The zero-order valence-corrected chi connectivity index (χ0v) is 18.3. The highest BCUT2D eigenvalue weighted by Crippen LogP contribution is 2.34. The monoisotopic (exact) mass is 431 g/mol. The van der Waals surface area contributed by atoms with Crippen LogP contribution in [0.2, 0.25) is 0 Å². The molecule has 6 heteroatoms. The molecule has 150 valence electrons. The van der Waals surface area contributed by atoms with Gasteiger partial charge in [-0.1, -0.05) is 36.4 Å². The molecule has 4 rings (SSSR count). The number of carbonyl (C=O) groups is 1. The molecule has 2 aromatic heterocycles. The van der Waals surface area contributed by atoms with Gasteiger partial charge in [0.1, 0.15) is 9.71 Å². The average Bonchev–Trinajstić information content (AvgIpc) is 3.11. The maximum atomic E-state index is 12.8. The first-order chi connectivity index (χ1) is 14.6. The van der Waals surface area contributed by atoms with Gasteiger partial charge < -0.3 is 11.1 Å². The van der Waals surface area contributed by atoms with Gasteiger partial charge in [-0.2, -0.15) is 0 Å². The molecule has 2 heterocycles. The van der Waals surface area contributed by atoms with E-state index in [0.717, 1.165) is 37.6 Å². The Hall–Kier alpha value is -3.09. The van der Waals surface area contributed by atoms with Gasteiger partial charge in [0.15, 0.2) is 0 Å². The SMILES string of the molecule is CC=Cc1ccc(-c2ccc3c(N)c(C(=O)Nc4ccc(SC)cc4)sc3n2)cc1. The molecule has 1 amide bonds. The van der Waals surface area contributed by atoms with Crippen LogP contribution >= 0.6 is 23.1 Å². The third-order valence-corrected chi connectivity index (χ3v) is 6.57. The van der Waals surface area contributed by atoms with Crippen LogP contribution in [0.15, 0.2) is 71.6 Å². The Bertz CT molecular complexity index is 1230. The molecule has 4 nitrogen and oxygen atoms in total. The summed E-state index contributed by atoms with van der Waals surface area (Å²) in [7, 11) is 0. The quantitative estimate of drug-likeness (QED) is 0.351. The highest BCUT2D eigenvalue weighted by atomic mass is 32.2. The number of nitrogen functional groups attached to an aromatic ring is 1. The summed E-state index contributed by atoms with van der Waals surface area (Å²) >= 11 is 2.97. The second kappa shape index (κ2) is 8.73. The number of nitrogens with two attached hydrogens (primary N) is 1. The number of nitrogens with one attached hydrogen (secondary N) is 1. The van der Waals surface area contributed by atoms with E-state index in [1.54, 1.807) is 11.8 Å². The van der Waals surface area contributed by atoms with Crippen LogP contribution in [0.1, 0.15) is 22.2 Å². The van der Waals surface area contributed by atoms with Gasteiger partial charge in [-0.05, 0) is 55.1 Å². The minimum absolute atomic E-state index is 0.218. The molecule has 0 atom stereocenters. The van der Waals surface area contributed by atoms with Crippen molar-refractivity contribution in [1.82, 2.24) is 4.98 Å². The Morgan fingerprint density at radius 2 is 1.80 bits per heavy atom. The molecule has 0 aliphatic carbocycles. The van der Waals surface area contributed by atoms with Crippen molar-refractivity contribution < 1.29 is 4.79 Å². The maximum Gasteiger partial charge on any atom is 0.267 e. The molecule has 3 N–H and O–H groups in total. The van der Waals surface area contributed by atoms with Crippen LogP contribution in [0, 0.1) is 0 Å². The Kier molecular flexibility index (Phi) is 5.88. The van der Waals surface area contributed by atoms with Crippen LogP contribution in [0.4, 0.5) is 11.4 Å². The molecular formula is C24H21N3OS2. The number of aromatic nitrogens is 1. The number of carbonyl (C=O) groups excluding carboxylic acids is 1. The van der Waals surface area contributed by atoms with Gasteiger partial charge in [-0.25, -0.2) is 4.98 Å². The molecule has 0 aliphatic heterocycles. The number of pyridine rings is 1. The molecular weight excluding hydrogens is 410 g/mol. The van der Waals surface area contributed by atoms with E-state index in [4.69, 9.17) is 10.7 Å². The van der Waals surface area contributed by atoms with Gasteiger partial charge in [0, 0.05) is 21.5 Å². The lowest BCUT2D eigenvalue weighted by molar-refractivity contribution is 0.103. The lowest BCUT2D eigenvalue weighted by Gasteiger charge is -2.05. The van der Waals surface area contributed by atoms with Gasteiger partial charge in [0.2, 0.25) is 0 Å². The number of thioether (sulfide) groups is 1. The first kappa shape index (κ1) is 20.2. The second-order valence-electron chi connectivity index (χ2n) is 6.70. The van der Waals surface area contributed by atoms with Crippen molar-refractivity contribution in [1.29, 1.82) is 0 Å². The van der Waals surface area contributed by atoms with E-state index in [2.05, 4.69) is 23.5 Å². The van der Waals surface area contributed by atoms with E-state index in [1.807, 2.05) is 67.8 Å². The number of nitrogens with zero attached hydrogens (tertiary/aromatic N) is 1. The molecule has 0 saturated carbocycles. The molecule has 0 radical (unpaired) electrons. The molecule has 0 aliphatic rings. The third-order valence-electron chi connectivity index (χ3n) is 4.71. The highest BCUT2D eigenvalue weighted by Gasteiger charge is 2.18. The Labute approximate surface area is 183 Å². The normalized spacial score (nSPS) is 11.3. The van der Waals surface area contributed by atoms with Crippen molar-refractivity contribution in [3.8, 4) is 11.3 Å². The molecule has 2 aromatic carbocycles. The predicted octanol–water partition coefficient (Wildman–Crippen LogP) is 6.55. The number of amides is 1.